The van der Waals surface area contributed by atoms with Gasteiger partial charge in [0.1, 0.15) is 5.82 Å². The second kappa shape index (κ2) is 9.76. The average Bonchev–Trinajstić information content (AvgIpc) is 2.50. The van der Waals surface area contributed by atoms with Crippen LogP contribution < -0.4 is 10.2 Å². The van der Waals surface area contributed by atoms with Crippen LogP contribution in [-0.4, -0.2) is 38.1 Å². The molecule has 1 N–H and O–H groups in total. The Hall–Kier alpha value is -2.11. The summed E-state index contributed by atoms with van der Waals surface area (Å²) in [5.74, 6) is -0.684. The van der Waals surface area contributed by atoms with E-state index in [1.54, 1.807) is 19.1 Å². The number of hydrogen-bond donors (Lipinski definition) is 1. The van der Waals surface area contributed by atoms with E-state index in [2.05, 4.69) is 5.32 Å². The highest BCUT2D eigenvalue weighted by Gasteiger charge is 2.10. The molecule has 1 amide bonds. The first-order valence-electron chi connectivity index (χ1n) is 7.49. The third-order valence-corrected chi connectivity index (χ3v) is 3.09. The first kappa shape index (κ1) is 17.9. The Morgan fingerprint density at radius 3 is 2.50 bits per heavy atom. The molecule has 122 valence electrons. The first-order chi connectivity index (χ1) is 10.6. The lowest BCUT2D eigenvalue weighted by Crippen LogP contribution is -2.37. The van der Waals surface area contributed by atoms with E-state index in [1.807, 2.05) is 11.8 Å². The maximum Gasteiger partial charge on any atom is 0.305 e. The van der Waals surface area contributed by atoms with Gasteiger partial charge in [0.2, 0.25) is 5.91 Å². The number of benzene rings is 1. The molecular weight excluding hydrogens is 287 g/mol. The number of halogens is 1. The van der Waals surface area contributed by atoms with E-state index >= 15 is 0 Å². The van der Waals surface area contributed by atoms with Crippen molar-refractivity contribution in [1.82, 2.24) is 5.32 Å². The fourth-order valence-electron chi connectivity index (χ4n) is 1.96. The van der Waals surface area contributed by atoms with Gasteiger partial charge in [-0.1, -0.05) is 0 Å². The quantitative estimate of drug-likeness (QED) is 0.560. The topological polar surface area (TPSA) is 58.6 Å². The van der Waals surface area contributed by atoms with Gasteiger partial charge in [-0.05, 0) is 44.5 Å². The van der Waals surface area contributed by atoms with E-state index in [0.717, 1.165) is 5.69 Å². The number of anilines is 1. The number of carbonyl (C=O) groups is 2. The molecule has 0 radical (unpaired) electrons. The maximum absolute atomic E-state index is 12.9. The zero-order valence-corrected chi connectivity index (χ0v) is 13.1. The summed E-state index contributed by atoms with van der Waals surface area (Å²) in [4.78, 5) is 24.9. The SMILES string of the molecule is CCOC(=O)CCCNC(=O)CN(CC)c1ccc(F)cc1. The van der Waals surface area contributed by atoms with Crippen molar-refractivity contribution in [3.05, 3.63) is 30.1 Å². The lowest BCUT2D eigenvalue weighted by molar-refractivity contribution is -0.143. The molecule has 22 heavy (non-hydrogen) atoms. The van der Waals surface area contributed by atoms with Crippen LogP contribution in [0, 0.1) is 5.82 Å². The van der Waals surface area contributed by atoms with Crippen molar-refractivity contribution in [1.29, 1.82) is 0 Å². The first-order valence-corrected chi connectivity index (χ1v) is 7.49. The Bertz CT molecular complexity index is 477. The summed E-state index contributed by atoms with van der Waals surface area (Å²) in [6.45, 7) is 5.32. The van der Waals surface area contributed by atoms with Crippen molar-refractivity contribution < 1.29 is 18.7 Å². The number of nitrogens with zero attached hydrogens (tertiary/aromatic N) is 1. The van der Waals surface area contributed by atoms with Crippen LogP contribution >= 0.6 is 0 Å². The Labute approximate surface area is 130 Å². The molecular formula is C16H23FN2O3. The molecule has 5 nitrogen and oxygen atoms in total. The lowest BCUT2D eigenvalue weighted by atomic mass is 10.2. The monoisotopic (exact) mass is 310 g/mol. The van der Waals surface area contributed by atoms with Gasteiger partial charge in [0.05, 0.1) is 13.2 Å². The largest absolute Gasteiger partial charge is 0.466 e. The number of carbonyl (C=O) groups excluding carboxylic acids is 2. The summed E-state index contributed by atoms with van der Waals surface area (Å²) in [5.41, 5.74) is 0.797. The van der Waals surface area contributed by atoms with Crippen molar-refractivity contribution in [2.45, 2.75) is 26.7 Å². The summed E-state index contributed by atoms with van der Waals surface area (Å²) in [7, 11) is 0. The van der Waals surface area contributed by atoms with Gasteiger partial charge in [-0.15, -0.1) is 0 Å². The van der Waals surface area contributed by atoms with E-state index in [1.165, 1.54) is 12.1 Å². The van der Waals surface area contributed by atoms with Gasteiger partial charge in [0.25, 0.3) is 0 Å². The number of nitrogens with one attached hydrogen (secondary N) is 1. The number of esters is 1. The second-order valence-electron chi connectivity index (χ2n) is 4.75. The molecule has 0 saturated heterocycles. The summed E-state index contributed by atoms with van der Waals surface area (Å²) < 4.78 is 17.7. The average molecular weight is 310 g/mol. The minimum atomic E-state index is -0.303. The van der Waals surface area contributed by atoms with Crippen LogP contribution in [-0.2, 0) is 14.3 Å². The lowest BCUT2D eigenvalue weighted by Gasteiger charge is -2.22. The van der Waals surface area contributed by atoms with Crippen molar-refractivity contribution in [3.63, 3.8) is 0 Å². The molecule has 0 aromatic heterocycles. The van der Waals surface area contributed by atoms with Crippen LogP contribution in [0.1, 0.15) is 26.7 Å². The van der Waals surface area contributed by atoms with E-state index in [9.17, 15) is 14.0 Å². The molecule has 0 heterocycles. The van der Waals surface area contributed by atoms with Crippen LogP contribution in [0.25, 0.3) is 0 Å². The Balaban J connectivity index is 2.33. The number of likely N-dealkylation sites (N-methyl/N-ethyl adjacent to an activating group) is 1. The maximum atomic E-state index is 12.9. The molecule has 0 aliphatic heterocycles. The molecule has 0 aliphatic carbocycles. The van der Waals surface area contributed by atoms with Gasteiger partial charge in [-0.25, -0.2) is 4.39 Å². The highest BCUT2D eigenvalue weighted by atomic mass is 19.1. The molecule has 0 fully saturated rings. The number of rotatable bonds is 9. The molecule has 0 saturated carbocycles. The van der Waals surface area contributed by atoms with Gasteiger partial charge < -0.3 is 15.0 Å². The van der Waals surface area contributed by atoms with Crippen LogP contribution in [0.4, 0.5) is 10.1 Å². The molecule has 0 bridgehead atoms. The van der Waals surface area contributed by atoms with Crippen LogP contribution in [0.2, 0.25) is 0 Å². The molecule has 0 spiro atoms. The third-order valence-electron chi connectivity index (χ3n) is 3.09. The summed E-state index contributed by atoms with van der Waals surface area (Å²) in [5, 5.41) is 2.76. The Morgan fingerprint density at radius 2 is 1.91 bits per heavy atom. The van der Waals surface area contributed by atoms with Crippen molar-refractivity contribution in [2.75, 3.05) is 31.1 Å². The number of amides is 1. The fraction of sp³-hybridized carbons (Fsp3) is 0.500. The summed E-state index contributed by atoms with van der Waals surface area (Å²) >= 11 is 0. The van der Waals surface area contributed by atoms with E-state index in [0.29, 0.717) is 32.5 Å². The molecule has 1 rings (SSSR count). The zero-order chi connectivity index (χ0) is 16.4. The van der Waals surface area contributed by atoms with Gasteiger partial charge in [-0.2, -0.15) is 0 Å². The molecule has 0 atom stereocenters. The number of ether oxygens (including phenoxy) is 1. The highest BCUT2D eigenvalue weighted by Crippen LogP contribution is 2.14. The van der Waals surface area contributed by atoms with Crippen molar-refractivity contribution >= 4 is 17.6 Å². The normalized spacial score (nSPS) is 10.1. The van der Waals surface area contributed by atoms with Crippen molar-refractivity contribution in [2.24, 2.45) is 0 Å². The standard InChI is InChI=1S/C16H23FN2O3/c1-3-19(14-9-7-13(17)8-10-14)12-15(20)18-11-5-6-16(21)22-4-2/h7-10H,3-6,11-12H2,1-2H3,(H,18,20). The smallest absolute Gasteiger partial charge is 0.305 e. The van der Waals surface area contributed by atoms with Gasteiger partial charge in [-0.3, -0.25) is 9.59 Å². The molecule has 1 aromatic carbocycles. The summed E-state index contributed by atoms with van der Waals surface area (Å²) in [6.07, 6.45) is 0.844. The third kappa shape index (κ3) is 6.56. The van der Waals surface area contributed by atoms with Crippen LogP contribution in [0.15, 0.2) is 24.3 Å². The fourth-order valence-corrected chi connectivity index (χ4v) is 1.96. The molecule has 6 heteroatoms. The predicted molar refractivity (Wildman–Crippen MR) is 83.2 cm³/mol. The minimum Gasteiger partial charge on any atom is -0.466 e. The summed E-state index contributed by atoms with van der Waals surface area (Å²) in [6, 6.07) is 6.03. The zero-order valence-electron chi connectivity index (χ0n) is 13.1. The predicted octanol–water partition coefficient (Wildman–Crippen LogP) is 2.11. The van der Waals surface area contributed by atoms with E-state index in [4.69, 9.17) is 4.74 Å². The van der Waals surface area contributed by atoms with Gasteiger partial charge >= 0.3 is 5.97 Å². The van der Waals surface area contributed by atoms with Crippen molar-refractivity contribution in [3.8, 4) is 0 Å². The van der Waals surface area contributed by atoms with Crippen LogP contribution in [0.3, 0.4) is 0 Å². The number of hydrogen-bond acceptors (Lipinski definition) is 4. The second-order valence-corrected chi connectivity index (χ2v) is 4.75. The minimum absolute atomic E-state index is 0.130. The Kier molecular flexibility index (Phi) is 7.96. The molecule has 0 aliphatic rings. The molecule has 1 aromatic rings. The van der Waals surface area contributed by atoms with E-state index < -0.39 is 0 Å². The van der Waals surface area contributed by atoms with Gasteiger partial charge in [0, 0.05) is 25.2 Å². The van der Waals surface area contributed by atoms with E-state index in [-0.39, 0.29) is 24.2 Å². The van der Waals surface area contributed by atoms with Crippen LogP contribution in [0.5, 0.6) is 0 Å². The van der Waals surface area contributed by atoms with Gasteiger partial charge in [0.15, 0.2) is 0 Å². The Morgan fingerprint density at radius 1 is 1.23 bits per heavy atom. The molecule has 0 unspecified atom stereocenters. The highest BCUT2D eigenvalue weighted by molar-refractivity contribution is 5.81.